The number of hydrogen-bond acceptors (Lipinski definition) is 2. The minimum atomic E-state index is -0.460. The number of phenols is 1. The SMILES string of the molecule is Oc1cc(F)cc(-c2cnc3ccccc3c2)c1. The standard InChI is InChI=1S/C15H10FNO/c16-13-6-11(7-14(18)8-13)12-5-10-3-1-2-4-15(10)17-9-12/h1-9,18H. The van der Waals surface area contributed by atoms with Gasteiger partial charge in [-0.2, -0.15) is 0 Å². The first-order valence-electron chi connectivity index (χ1n) is 5.57. The number of aromatic hydroxyl groups is 1. The molecule has 3 rings (SSSR count). The molecule has 1 aromatic heterocycles. The number of fused-ring (bicyclic) bond motifs is 1. The number of rotatable bonds is 1. The average molecular weight is 239 g/mol. The zero-order chi connectivity index (χ0) is 12.5. The van der Waals surface area contributed by atoms with Gasteiger partial charge in [-0.05, 0) is 29.8 Å². The van der Waals surface area contributed by atoms with Crippen molar-refractivity contribution in [2.75, 3.05) is 0 Å². The molecule has 0 aliphatic rings. The maximum Gasteiger partial charge on any atom is 0.127 e. The Hall–Kier alpha value is -2.42. The summed E-state index contributed by atoms with van der Waals surface area (Å²) in [6.45, 7) is 0. The van der Waals surface area contributed by atoms with Crippen molar-refractivity contribution >= 4 is 10.9 Å². The second-order valence-electron chi connectivity index (χ2n) is 4.11. The summed E-state index contributed by atoms with van der Waals surface area (Å²) >= 11 is 0. The van der Waals surface area contributed by atoms with Crippen LogP contribution in [-0.2, 0) is 0 Å². The van der Waals surface area contributed by atoms with E-state index in [0.29, 0.717) is 5.56 Å². The zero-order valence-electron chi connectivity index (χ0n) is 9.47. The van der Waals surface area contributed by atoms with E-state index < -0.39 is 5.82 Å². The molecular formula is C15H10FNO. The zero-order valence-corrected chi connectivity index (χ0v) is 9.47. The highest BCUT2D eigenvalue weighted by atomic mass is 19.1. The second kappa shape index (κ2) is 4.11. The third-order valence-corrected chi connectivity index (χ3v) is 2.81. The molecule has 0 bridgehead atoms. The number of aromatic nitrogens is 1. The molecule has 18 heavy (non-hydrogen) atoms. The summed E-state index contributed by atoms with van der Waals surface area (Å²) in [5.41, 5.74) is 2.29. The Bertz CT molecular complexity index is 704. The van der Waals surface area contributed by atoms with Crippen LogP contribution in [0.4, 0.5) is 4.39 Å². The number of halogens is 1. The maximum atomic E-state index is 13.2. The molecule has 2 aromatic carbocycles. The van der Waals surface area contributed by atoms with Crippen LogP contribution in [0, 0.1) is 5.82 Å². The van der Waals surface area contributed by atoms with Gasteiger partial charge in [0, 0.05) is 23.2 Å². The van der Waals surface area contributed by atoms with E-state index >= 15 is 0 Å². The van der Waals surface area contributed by atoms with Crippen molar-refractivity contribution < 1.29 is 9.50 Å². The van der Waals surface area contributed by atoms with E-state index in [4.69, 9.17) is 0 Å². The lowest BCUT2D eigenvalue weighted by Crippen LogP contribution is -1.84. The van der Waals surface area contributed by atoms with E-state index in [1.54, 1.807) is 6.20 Å². The molecule has 3 heteroatoms. The number of benzene rings is 2. The van der Waals surface area contributed by atoms with E-state index in [-0.39, 0.29) is 5.75 Å². The highest BCUT2D eigenvalue weighted by molar-refractivity contribution is 5.83. The normalized spacial score (nSPS) is 10.7. The van der Waals surface area contributed by atoms with Gasteiger partial charge in [-0.15, -0.1) is 0 Å². The first-order chi connectivity index (χ1) is 8.72. The molecule has 0 saturated heterocycles. The molecular weight excluding hydrogens is 229 g/mol. The molecule has 0 amide bonds. The predicted octanol–water partition coefficient (Wildman–Crippen LogP) is 3.75. The molecule has 0 aliphatic heterocycles. The van der Waals surface area contributed by atoms with Gasteiger partial charge in [0.1, 0.15) is 11.6 Å². The molecule has 88 valence electrons. The van der Waals surface area contributed by atoms with Gasteiger partial charge in [0.05, 0.1) is 5.52 Å². The maximum absolute atomic E-state index is 13.2. The highest BCUT2D eigenvalue weighted by Gasteiger charge is 2.04. The molecule has 0 unspecified atom stereocenters. The number of hydrogen-bond donors (Lipinski definition) is 1. The molecule has 0 atom stereocenters. The molecule has 1 heterocycles. The summed E-state index contributed by atoms with van der Waals surface area (Å²) in [7, 11) is 0. The monoisotopic (exact) mass is 239 g/mol. The lowest BCUT2D eigenvalue weighted by Gasteiger charge is -2.04. The third-order valence-electron chi connectivity index (χ3n) is 2.81. The van der Waals surface area contributed by atoms with Crippen molar-refractivity contribution in [3.63, 3.8) is 0 Å². The van der Waals surface area contributed by atoms with Crippen LogP contribution >= 0.6 is 0 Å². The van der Waals surface area contributed by atoms with E-state index in [0.717, 1.165) is 22.5 Å². The fourth-order valence-electron chi connectivity index (χ4n) is 1.97. The lowest BCUT2D eigenvalue weighted by atomic mass is 10.1. The smallest absolute Gasteiger partial charge is 0.127 e. The van der Waals surface area contributed by atoms with Crippen molar-refractivity contribution in [2.24, 2.45) is 0 Å². The molecule has 0 spiro atoms. The number of para-hydroxylation sites is 1. The van der Waals surface area contributed by atoms with Gasteiger partial charge in [0.2, 0.25) is 0 Å². The summed E-state index contributed by atoms with van der Waals surface area (Å²) < 4.78 is 13.2. The van der Waals surface area contributed by atoms with Gasteiger partial charge in [-0.1, -0.05) is 18.2 Å². The van der Waals surface area contributed by atoms with Gasteiger partial charge in [-0.3, -0.25) is 4.98 Å². The van der Waals surface area contributed by atoms with Gasteiger partial charge < -0.3 is 5.11 Å². The average Bonchev–Trinajstić information content (AvgIpc) is 2.37. The van der Waals surface area contributed by atoms with E-state index in [1.165, 1.54) is 12.1 Å². The quantitative estimate of drug-likeness (QED) is 0.701. The first kappa shape index (κ1) is 10.7. The van der Waals surface area contributed by atoms with Crippen LogP contribution in [0.5, 0.6) is 5.75 Å². The number of pyridine rings is 1. The lowest BCUT2D eigenvalue weighted by molar-refractivity contribution is 0.469. The van der Waals surface area contributed by atoms with Crippen LogP contribution in [0.15, 0.2) is 54.7 Å². The Morgan fingerprint density at radius 3 is 2.61 bits per heavy atom. The van der Waals surface area contributed by atoms with Gasteiger partial charge in [0.25, 0.3) is 0 Å². The van der Waals surface area contributed by atoms with Crippen molar-refractivity contribution in [2.45, 2.75) is 0 Å². The fraction of sp³-hybridized carbons (Fsp3) is 0. The third kappa shape index (κ3) is 1.91. The van der Waals surface area contributed by atoms with Gasteiger partial charge >= 0.3 is 0 Å². The molecule has 2 nitrogen and oxygen atoms in total. The van der Waals surface area contributed by atoms with E-state index in [9.17, 15) is 9.50 Å². The Balaban J connectivity index is 2.19. The summed E-state index contributed by atoms with van der Waals surface area (Å²) in [6, 6.07) is 13.6. The summed E-state index contributed by atoms with van der Waals surface area (Å²) in [6.07, 6.45) is 1.68. The summed E-state index contributed by atoms with van der Waals surface area (Å²) in [5.74, 6) is -0.545. The van der Waals surface area contributed by atoms with Gasteiger partial charge in [0.15, 0.2) is 0 Å². The Labute approximate surface area is 103 Å². The molecule has 0 saturated carbocycles. The molecule has 0 radical (unpaired) electrons. The molecule has 1 N–H and O–H groups in total. The van der Waals surface area contributed by atoms with Crippen molar-refractivity contribution in [3.8, 4) is 16.9 Å². The van der Waals surface area contributed by atoms with Crippen LogP contribution in [0.3, 0.4) is 0 Å². The minimum absolute atomic E-state index is 0.0850. The molecule has 0 aliphatic carbocycles. The van der Waals surface area contributed by atoms with Crippen molar-refractivity contribution in [3.05, 3.63) is 60.5 Å². The van der Waals surface area contributed by atoms with Crippen LogP contribution in [0.1, 0.15) is 0 Å². The van der Waals surface area contributed by atoms with Crippen molar-refractivity contribution in [1.82, 2.24) is 4.98 Å². The Kier molecular flexibility index (Phi) is 2.45. The largest absolute Gasteiger partial charge is 0.508 e. The minimum Gasteiger partial charge on any atom is -0.508 e. The Morgan fingerprint density at radius 2 is 1.78 bits per heavy atom. The molecule has 0 fully saturated rings. The number of phenolic OH excluding ortho intramolecular Hbond substituents is 1. The van der Waals surface area contributed by atoms with Gasteiger partial charge in [-0.25, -0.2) is 4.39 Å². The van der Waals surface area contributed by atoms with Crippen LogP contribution in [0.2, 0.25) is 0 Å². The summed E-state index contributed by atoms with van der Waals surface area (Å²) in [4.78, 5) is 4.31. The van der Waals surface area contributed by atoms with Crippen LogP contribution < -0.4 is 0 Å². The van der Waals surface area contributed by atoms with Crippen molar-refractivity contribution in [1.29, 1.82) is 0 Å². The first-order valence-corrected chi connectivity index (χ1v) is 5.57. The topological polar surface area (TPSA) is 33.1 Å². The highest BCUT2D eigenvalue weighted by Crippen LogP contribution is 2.26. The number of nitrogens with zero attached hydrogens (tertiary/aromatic N) is 1. The Morgan fingerprint density at radius 1 is 0.944 bits per heavy atom. The summed E-state index contributed by atoms with van der Waals surface area (Å²) in [5, 5.41) is 10.4. The van der Waals surface area contributed by atoms with Crippen LogP contribution in [0.25, 0.3) is 22.0 Å². The fourth-order valence-corrected chi connectivity index (χ4v) is 1.97. The van der Waals surface area contributed by atoms with E-state index in [1.807, 2.05) is 30.3 Å². The predicted molar refractivity (Wildman–Crippen MR) is 68.8 cm³/mol. The van der Waals surface area contributed by atoms with Crippen LogP contribution in [-0.4, -0.2) is 10.1 Å². The van der Waals surface area contributed by atoms with E-state index in [2.05, 4.69) is 4.98 Å². The molecule has 3 aromatic rings. The second-order valence-corrected chi connectivity index (χ2v) is 4.11.